The monoisotopic (exact) mass is 524 g/mol. The molecule has 1 amide bonds. The first-order valence-corrected chi connectivity index (χ1v) is 12.6. The fourth-order valence-corrected chi connectivity index (χ4v) is 4.73. The molecule has 0 bridgehead atoms. The van der Waals surface area contributed by atoms with Crippen molar-refractivity contribution in [2.45, 2.75) is 26.8 Å². The Bertz CT molecular complexity index is 1540. The highest BCUT2D eigenvalue weighted by Crippen LogP contribution is 2.38. The Morgan fingerprint density at radius 3 is 2.56 bits per heavy atom. The van der Waals surface area contributed by atoms with E-state index in [2.05, 4.69) is 34.4 Å². The predicted molar refractivity (Wildman–Crippen MR) is 149 cm³/mol. The molecule has 11 heteroatoms. The van der Waals surface area contributed by atoms with E-state index in [1.165, 1.54) is 12.1 Å². The SMILES string of the molecule is CCN(CC)c1ccc(-c2nc3n(n2)C(c2cccc([N+](=O)[O-])c2)C(C(=O)Nc2cccnc2)=C(C)N3)cc1. The third kappa shape index (κ3) is 5.06. The molecule has 2 aromatic heterocycles. The molecule has 1 atom stereocenters. The van der Waals surface area contributed by atoms with Crippen molar-refractivity contribution < 1.29 is 9.72 Å². The van der Waals surface area contributed by atoms with Gasteiger partial charge in [0.1, 0.15) is 6.04 Å². The molecular formula is C28H28N8O3. The standard InChI is InChI=1S/C28H28N8O3/c1-4-34(5-2)22-13-11-19(12-14-22)26-32-28-30-18(3)24(27(37)31-21-9-7-15-29-17-21)25(35(28)33-26)20-8-6-10-23(16-20)36(38)39/h6-17,25H,4-5H2,1-3H3,(H,31,37)(H,30,32,33). The molecule has 1 aliphatic rings. The Hall–Kier alpha value is -5.06. The normalized spacial score (nSPS) is 14.4. The first-order chi connectivity index (χ1) is 18.9. The maximum absolute atomic E-state index is 13.6. The molecule has 0 spiro atoms. The van der Waals surface area contributed by atoms with Gasteiger partial charge in [-0.05, 0) is 62.7 Å². The number of non-ortho nitro benzene ring substituents is 1. The molecule has 39 heavy (non-hydrogen) atoms. The molecule has 11 nitrogen and oxygen atoms in total. The minimum absolute atomic E-state index is 0.0791. The Balaban J connectivity index is 1.58. The molecule has 2 N–H and O–H groups in total. The number of nitrogens with one attached hydrogen (secondary N) is 2. The summed E-state index contributed by atoms with van der Waals surface area (Å²) in [6.07, 6.45) is 3.17. The number of fused-ring (bicyclic) bond motifs is 1. The Kier molecular flexibility index (Phi) is 7.04. The van der Waals surface area contributed by atoms with Gasteiger partial charge < -0.3 is 15.5 Å². The van der Waals surface area contributed by atoms with Crippen LogP contribution in [0.2, 0.25) is 0 Å². The zero-order chi connectivity index (χ0) is 27.5. The van der Waals surface area contributed by atoms with Crippen molar-refractivity contribution in [3.8, 4) is 11.4 Å². The molecule has 0 fully saturated rings. The highest BCUT2D eigenvalue weighted by Gasteiger charge is 2.35. The third-order valence-electron chi connectivity index (χ3n) is 6.67. The molecule has 1 aliphatic heterocycles. The van der Waals surface area contributed by atoms with Crippen LogP contribution in [0.1, 0.15) is 32.4 Å². The number of benzene rings is 2. The van der Waals surface area contributed by atoms with Crippen molar-refractivity contribution in [2.75, 3.05) is 28.6 Å². The summed E-state index contributed by atoms with van der Waals surface area (Å²) in [5.41, 5.74) is 3.83. The summed E-state index contributed by atoms with van der Waals surface area (Å²) in [5, 5.41) is 22.4. The minimum Gasteiger partial charge on any atom is -0.372 e. The number of amides is 1. The number of nitro groups is 1. The number of pyridine rings is 1. The van der Waals surface area contributed by atoms with Crippen molar-refractivity contribution in [3.05, 3.63) is 100 Å². The molecule has 3 heterocycles. The van der Waals surface area contributed by atoms with Gasteiger partial charge in [0.2, 0.25) is 5.95 Å². The van der Waals surface area contributed by atoms with E-state index >= 15 is 0 Å². The van der Waals surface area contributed by atoms with Gasteiger partial charge in [-0.2, -0.15) is 4.98 Å². The number of hydrogen-bond donors (Lipinski definition) is 2. The van der Waals surface area contributed by atoms with Gasteiger partial charge in [0.25, 0.3) is 11.6 Å². The predicted octanol–water partition coefficient (Wildman–Crippen LogP) is 5.02. The van der Waals surface area contributed by atoms with Crippen LogP contribution in [-0.4, -0.2) is 43.7 Å². The highest BCUT2D eigenvalue weighted by atomic mass is 16.6. The summed E-state index contributed by atoms with van der Waals surface area (Å²) < 4.78 is 1.61. The lowest BCUT2D eigenvalue weighted by Crippen LogP contribution is -2.31. The van der Waals surface area contributed by atoms with Gasteiger partial charge in [-0.3, -0.25) is 19.9 Å². The van der Waals surface area contributed by atoms with Gasteiger partial charge in [0.05, 0.1) is 22.4 Å². The van der Waals surface area contributed by atoms with Crippen LogP contribution in [0.4, 0.5) is 23.0 Å². The smallest absolute Gasteiger partial charge is 0.269 e. The zero-order valence-electron chi connectivity index (χ0n) is 21.8. The first kappa shape index (κ1) is 25.6. The van der Waals surface area contributed by atoms with E-state index in [0.717, 1.165) is 24.3 Å². The van der Waals surface area contributed by atoms with Gasteiger partial charge in [-0.25, -0.2) is 4.68 Å². The molecule has 1 unspecified atom stereocenters. The Labute approximate surface area is 225 Å². The summed E-state index contributed by atoms with van der Waals surface area (Å²) in [6, 6.07) is 16.9. The van der Waals surface area contributed by atoms with Crippen molar-refractivity contribution in [1.29, 1.82) is 0 Å². The van der Waals surface area contributed by atoms with Crippen LogP contribution >= 0.6 is 0 Å². The highest BCUT2D eigenvalue weighted by molar-refractivity contribution is 6.06. The van der Waals surface area contributed by atoms with Crippen LogP contribution < -0.4 is 15.5 Å². The summed E-state index contributed by atoms with van der Waals surface area (Å²) >= 11 is 0. The fourth-order valence-electron chi connectivity index (χ4n) is 4.73. The summed E-state index contributed by atoms with van der Waals surface area (Å²) in [6.45, 7) is 7.80. The largest absolute Gasteiger partial charge is 0.372 e. The second-order valence-electron chi connectivity index (χ2n) is 9.04. The Morgan fingerprint density at radius 1 is 1.13 bits per heavy atom. The fraction of sp³-hybridized carbons (Fsp3) is 0.214. The van der Waals surface area contributed by atoms with E-state index in [4.69, 9.17) is 10.1 Å². The second kappa shape index (κ2) is 10.7. The molecule has 5 rings (SSSR count). The number of rotatable bonds is 8. The second-order valence-corrected chi connectivity index (χ2v) is 9.04. The number of allylic oxidation sites excluding steroid dienone is 1. The van der Waals surface area contributed by atoms with Crippen molar-refractivity contribution in [3.63, 3.8) is 0 Å². The molecule has 0 aliphatic carbocycles. The number of hydrogen-bond acceptors (Lipinski definition) is 8. The number of anilines is 3. The van der Waals surface area contributed by atoms with Crippen LogP contribution in [0.25, 0.3) is 11.4 Å². The van der Waals surface area contributed by atoms with Crippen molar-refractivity contribution in [1.82, 2.24) is 19.7 Å². The zero-order valence-corrected chi connectivity index (χ0v) is 21.8. The van der Waals surface area contributed by atoms with E-state index in [0.29, 0.717) is 34.3 Å². The van der Waals surface area contributed by atoms with Gasteiger partial charge in [0.15, 0.2) is 5.82 Å². The van der Waals surface area contributed by atoms with Gasteiger partial charge >= 0.3 is 0 Å². The maximum atomic E-state index is 13.6. The van der Waals surface area contributed by atoms with Crippen LogP contribution in [0.5, 0.6) is 0 Å². The lowest BCUT2D eigenvalue weighted by atomic mass is 9.94. The maximum Gasteiger partial charge on any atom is 0.269 e. The Morgan fingerprint density at radius 2 is 1.90 bits per heavy atom. The number of nitro benzene ring substituents is 1. The molecule has 0 saturated carbocycles. The van der Waals surface area contributed by atoms with E-state index in [9.17, 15) is 14.9 Å². The molecule has 0 radical (unpaired) electrons. The van der Waals surface area contributed by atoms with Gasteiger partial charge in [-0.15, -0.1) is 5.10 Å². The number of carbonyl (C=O) groups is 1. The average Bonchev–Trinajstić information content (AvgIpc) is 3.37. The molecule has 0 saturated heterocycles. The third-order valence-corrected chi connectivity index (χ3v) is 6.67. The van der Waals surface area contributed by atoms with Crippen molar-refractivity contribution in [2.24, 2.45) is 0 Å². The van der Waals surface area contributed by atoms with Crippen molar-refractivity contribution >= 4 is 28.9 Å². The van der Waals surface area contributed by atoms with Crippen LogP contribution in [0, 0.1) is 10.1 Å². The molecule has 2 aromatic carbocycles. The minimum atomic E-state index is -0.756. The van der Waals surface area contributed by atoms with E-state index in [1.54, 1.807) is 48.3 Å². The van der Waals surface area contributed by atoms with E-state index < -0.39 is 11.0 Å². The first-order valence-electron chi connectivity index (χ1n) is 12.6. The molecule has 4 aromatic rings. The lowest BCUT2D eigenvalue weighted by molar-refractivity contribution is -0.384. The van der Waals surface area contributed by atoms with Crippen LogP contribution in [0.15, 0.2) is 84.3 Å². The van der Waals surface area contributed by atoms with Gasteiger partial charge in [-0.1, -0.05) is 12.1 Å². The summed E-state index contributed by atoms with van der Waals surface area (Å²) in [7, 11) is 0. The number of nitrogens with zero attached hydrogens (tertiary/aromatic N) is 6. The van der Waals surface area contributed by atoms with Crippen LogP contribution in [-0.2, 0) is 4.79 Å². The molecule has 198 valence electrons. The molecular weight excluding hydrogens is 496 g/mol. The number of aromatic nitrogens is 4. The van der Waals surface area contributed by atoms with Gasteiger partial charge in [0, 0.05) is 48.4 Å². The quantitative estimate of drug-likeness (QED) is 0.243. The van der Waals surface area contributed by atoms with E-state index in [-0.39, 0.29) is 11.6 Å². The summed E-state index contributed by atoms with van der Waals surface area (Å²) in [4.78, 5) is 35.7. The van der Waals surface area contributed by atoms with Crippen LogP contribution in [0.3, 0.4) is 0 Å². The lowest BCUT2D eigenvalue weighted by Gasteiger charge is -2.28. The topological polar surface area (TPSA) is 131 Å². The average molecular weight is 525 g/mol. The summed E-state index contributed by atoms with van der Waals surface area (Å²) in [5.74, 6) is 0.529. The number of carbonyl (C=O) groups excluding carboxylic acids is 1. The van der Waals surface area contributed by atoms with E-state index in [1.807, 2.05) is 24.3 Å².